The third-order valence-electron chi connectivity index (χ3n) is 3.35. The smallest absolute Gasteiger partial charge is 0.0616 e. The van der Waals surface area contributed by atoms with Crippen molar-refractivity contribution in [2.24, 2.45) is 0 Å². The molecule has 0 heterocycles. The molecule has 108 valence electrons. The third-order valence-corrected chi connectivity index (χ3v) is 3.35. The van der Waals surface area contributed by atoms with Gasteiger partial charge in [-0.3, -0.25) is 0 Å². The molecule has 0 spiro atoms. The van der Waals surface area contributed by atoms with Gasteiger partial charge in [-0.15, -0.1) is 0 Å². The molecule has 2 atom stereocenters. The molecule has 2 N–H and O–H groups in total. The summed E-state index contributed by atoms with van der Waals surface area (Å²) in [5.74, 6) is 0. The van der Waals surface area contributed by atoms with E-state index in [0.29, 0.717) is 13.0 Å². The van der Waals surface area contributed by atoms with Crippen LogP contribution in [0.25, 0.3) is 0 Å². The highest BCUT2D eigenvalue weighted by atomic mass is 16.5. The van der Waals surface area contributed by atoms with E-state index in [1.807, 2.05) is 0 Å². The third kappa shape index (κ3) is 5.72. The Kier molecular flexibility index (Phi) is 7.72. The first kappa shape index (κ1) is 16.2. The number of benzene rings is 1. The van der Waals surface area contributed by atoms with E-state index in [-0.39, 0.29) is 18.7 Å². The fourth-order valence-electron chi connectivity index (χ4n) is 2.28. The molecule has 0 bridgehead atoms. The largest absolute Gasteiger partial charge is 0.396 e. The Morgan fingerprint density at radius 2 is 1.95 bits per heavy atom. The van der Waals surface area contributed by atoms with Crippen LogP contribution in [0.2, 0.25) is 0 Å². The molecule has 2 unspecified atom stereocenters. The van der Waals surface area contributed by atoms with Crippen LogP contribution in [0.15, 0.2) is 24.3 Å². The molecule has 1 aromatic carbocycles. The number of aryl methyl sites for hydroxylation is 1. The summed E-state index contributed by atoms with van der Waals surface area (Å²) in [5.41, 5.74) is 2.67. The molecule has 3 heteroatoms. The van der Waals surface area contributed by atoms with Crippen LogP contribution in [0.3, 0.4) is 0 Å². The molecule has 1 rings (SSSR count). The summed E-state index contributed by atoms with van der Waals surface area (Å²) in [7, 11) is 1.69. The van der Waals surface area contributed by atoms with Crippen molar-refractivity contribution in [3.8, 4) is 0 Å². The number of rotatable bonds is 9. The predicted octanol–water partition coefficient (Wildman–Crippen LogP) is 2.69. The van der Waals surface area contributed by atoms with Crippen molar-refractivity contribution in [3.63, 3.8) is 0 Å². The molecule has 0 aliphatic carbocycles. The van der Waals surface area contributed by atoms with Crippen LogP contribution in [-0.2, 0) is 11.2 Å². The van der Waals surface area contributed by atoms with E-state index < -0.39 is 0 Å². The number of hydrogen-bond acceptors (Lipinski definition) is 3. The molecule has 0 saturated heterocycles. The van der Waals surface area contributed by atoms with Crippen LogP contribution >= 0.6 is 0 Å². The van der Waals surface area contributed by atoms with Gasteiger partial charge < -0.3 is 15.2 Å². The Labute approximate surface area is 117 Å². The maximum Gasteiger partial charge on any atom is 0.0616 e. The fourth-order valence-corrected chi connectivity index (χ4v) is 2.28. The van der Waals surface area contributed by atoms with Crippen LogP contribution in [0.1, 0.15) is 43.9 Å². The van der Waals surface area contributed by atoms with E-state index in [4.69, 9.17) is 9.84 Å². The molecule has 0 saturated carbocycles. The number of ether oxygens (including phenoxy) is 1. The van der Waals surface area contributed by atoms with Gasteiger partial charge in [0, 0.05) is 25.8 Å². The Morgan fingerprint density at radius 3 is 2.47 bits per heavy atom. The van der Waals surface area contributed by atoms with Gasteiger partial charge in [0.15, 0.2) is 0 Å². The number of nitrogens with one attached hydrogen (secondary N) is 1. The van der Waals surface area contributed by atoms with Crippen LogP contribution in [0, 0.1) is 0 Å². The standard InChI is InChI=1S/C16H27NO2/c1-4-5-14-6-8-15(9-7-14)13(2)17-16(10-11-18)12-19-3/h6-9,13,16-18H,4-5,10-12H2,1-3H3. The number of aliphatic hydroxyl groups excluding tert-OH is 1. The number of hydrogen-bond donors (Lipinski definition) is 2. The quantitative estimate of drug-likeness (QED) is 0.721. The Bertz CT molecular complexity index is 331. The second-order valence-corrected chi connectivity index (χ2v) is 5.04. The Balaban J connectivity index is 2.57. The van der Waals surface area contributed by atoms with Crippen molar-refractivity contribution in [1.82, 2.24) is 5.32 Å². The number of methoxy groups -OCH3 is 1. The first-order chi connectivity index (χ1) is 9.21. The van der Waals surface area contributed by atoms with Crippen molar-refractivity contribution < 1.29 is 9.84 Å². The van der Waals surface area contributed by atoms with Gasteiger partial charge in [-0.2, -0.15) is 0 Å². The lowest BCUT2D eigenvalue weighted by Crippen LogP contribution is -2.36. The van der Waals surface area contributed by atoms with Crippen LogP contribution < -0.4 is 5.32 Å². The van der Waals surface area contributed by atoms with E-state index >= 15 is 0 Å². The lowest BCUT2D eigenvalue weighted by molar-refractivity contribution is 0.143. The van der Waals surface area contributed by atoms with Gasteiger partial charge in [0.2, 0.25) is 0 Å². The van der Waals surface area contributed by atoms with Gasteiger partial charge in [0.05, 0.1) is 6.61 Å². The van der Waals surface area contributed by atoms with Crippen LogP contribution in [-0.4, -0.2) is 31.5 Å². The van der Waals surface area contributed by atoms with Gasteiger partial charge >= 0.3 is 0 Å². The minimum absolute atomic E-state index is 0.184. The molecule has 0 aliphatic heterocycles. The average molecular weight is 265 g/mol. The average Bonchev–Trinajstić information content (AvgIpc) is 2.40. The summed E-state index contributed by atoms with van der Waals surface area (Å²) >= 11 is 0. The van der Waals surface area contributed by atoms with E-state index in [9.17, 15) is 0 Å². The molecule has 0 fully saturated rings. The SMILES string of the molecule is CCCc1ccc(C(C)NC(CCO)COC)cc1. The minimum atomic E-state index is 0.184. The second kappa shape index (κ2) is 9.08. The van der Waals surface area contributed by atoms with Crippen molar-refractivity contribution in [2.75, 3.05) is 20.3 Å². The van der Waals surface area contributed by atoms with Crippen LogP contribution in [0.5, 0.6) is 0 Å². The van der Waals surface area contributed by atoms with Gasteiger partial charge in [-0.05, 0) is 30.9 Å². The van der Waals surface area contributed by atoms with Crippen molar-refractivity contribution >= 4 is 0 Å². The van der Waals surface area contributed by atoms with E-state index in [1.165, 1.54) is 17.5 Å². The van der Waals surface area contributed by atoms with Crippen LogP contribution in [0.4, 0.5) is 0 Å². The summed E-state index contributed by atoms with van der Waals surface area (Å²) in [6.45, 7) is 5.15. The minimum Gasteiger partial charge on any atom is -0.396 e. The topological polar surface area (TPSA) is 41.5 Å². The summed E-state index contributed by atoms with van der Waals surface area (Å²) in [5, 5.41) is 12.5. The molecule has 0 amide bonds. The maximum atomic E-state index is 9.05. The summed E-state index contributed by atoms with van der Waals surface area (Å²) < 4.78 is 5.17. The highest BCUT2D eigenvalue weighted by Gasteiger charge is 2.12. The molecule has 0 aromatic heterocycles. The molecule has 3 nitrogen and oxygen atoms in total. The molecular formula is C16H27NO2. The molecule has 0 aliphatic rings. The zero-order chi connectivity index (χ0) is 14.1. The van der Waals surface area contributed by atoms with Gasteiger partial charge in [-0.25, -0.2) is 0 Å². The highest BCUT2D eigenvalue weighted by molar-refractivity contribution is 5.24. The van der Waals surface area contributed by atoms with Gasteiger partial charge in [0.1, 0.15) is 0 Å². The van der Waals surface area contributed by atoms with Gasteiger partial charge in [-0.1, -0.05) is 37.6 Å². The highest BCUT2D eigenvalue weighted by Crippen LogP contribution is 2.15. The molecule has 1 aromatic rings. The Hall–Kier alpha value is -0.900. The Morgan fingerprint density at radius 1 is 1.26 bits per heavy atom. The first-order valence-corrected chi connectivity index (χ1v) is 7.16. The zero-order valence-electron chi connectivity index (χ0n) is 12.4. The molecular weight excluding hydrogens is 238 g/mol. The summed E-state index contributed by atoms with van der Waals surface area (Å²) in [4.78, 5) is 0. The van der Waals surface area contributed by atoms with E-state index in [1.54, 1.807) is 7.11 Å². The van der Waals surface area contributed by atoms with Gasteiger partial charge in [0.25, 0.3) is 0 Å². The first-order valence-electron chi connectivity index (χ1n) is 7.16. The lowest BCUT2D eigenvalue weighted by Gasteiger charge is -2.22. The summed E-state index contributed by atoms with van der Waals surface area (Å²) in [6, 6.07) is 9.24. The molecule has 0 radical (unpaired) electrons. The van der Waals surface area contributed by atoms with Crippen molar-refractivity contribution in [3.05, 3.63) is 35.4 Å². The summed E-state index contributed by atoms with van der Waals surface area (Å²) in [6.07, 6.45) is 3.03. The normalized spacial score (nSPS) is 14.3. The van der Waals surface area contributed by atoms with E-state index in [0.717, 1.165) is 6.42 Å². The second-order valence-electron chi connectivity index (χ2n) is 5.04. The predicted molar refractivity (Wildman–Crippen MR) is 79.4 cm³/mol. The fraction of sp³-hybridized carbons (Fsp3) is 0.625. The zero-order valence-corrected chi connectivity index (χ0v) is 12.4. The van der Waals surface area contributed by atoms with E-state index in [2.05, 4.69) is 43.4 Å². The monoisotopic (exact) mass is 265 g/mol. The number of aliphatic hydroxyl groups is 1. The van der Waals surface area contributed by atoms with Crippen molar-refractivity contribution in [2.45, 2.75) is 45.2 Å². The maximum absolute atomic E-state index is 9.05. The molecule has 19 heavy (non-hydrogen) atoms. The lowest BCUT2D eigenvalue weighted by atomic mass is 10.0. The van der Waals surface area contributed by atoms with Crippen molar-refractivity contribution in [1.29, 1.82) is 0 Å².